The SMILES string of the molecule is CC(C)(C)NC(=O)C1CN(c2ccc3nncn3n2)C1. The van der Waals surface area contributed by atoms with Crippen molar-refractivity contribution < 1.29 is 4.79 Å². The zero-order valence-electron chi connectivity index (χ0n) is 11.9. The number of aromatic nitrogens is 4. The van der Waals surface area contributed by atoms with E-state index in [1.807, 2.05) is 32.9 Å². The standard InChI is InChI=1S/C13H18N6O/c1-13(2,3)15-12(20)9-6-18(7-9)11-5-4-10-16-14-8-19(10)17-11/h4-5,8-9H,6-7H2,1-3H3,(H,15,20). The second kappa shape index (κ2) is 4.43. The van der Waals surface area contributed by atoms with Gasteiger partial charge in [0.25, 0.3) is 0 Å². The number of rotatable bonds is 2. The van der Waals surface area contributed by atoms with Crippen LogP contribution in [0.5, 0.6) is 0 Å². The molecular weight excluding hydrogens is 256 g/mol. The Kier molecular flexibility index (Phi) is 2.84. The number of nitrogens with one attached hydrogen (secondary N) is 1. The lowest BCUT2D eigenvalue weighted by Gasteiger charge is -2.40. The van der Waals surface area contributed by atoms with Gasteiger partial charge in [-0.15, -0.1) is 15.3 Å². The van der Waals surface area contributed by atoms with Crippen molar-refractivity contribution in [2.24, 2.45) is 5.92 Å². The number of hydrogen-bond acceptors (Lipinski definition) is 5. The summed E-state index contributed by atoms with van der Waals surface area (Å²) in [4.78, 5) is 14.1. The minimum Gasteiger partial charge on any atom is -0.353 e. The van der Waals surface area contributed by atoms with Crippen molar-refractivity contribution in [2.45, 2.75) is 26.3 Å². The van der Waals surface area contributed by atoms with E-state index in [0.29, 0.717) is 13.1 Å². The second-order valence-electron chi connectivity index (χ2n) is 6.17. The smallest absolute Gasteiger partial charge is 0.227 e. The summed E-state index contributed by atoms with van der Waals surface area (Å²) >= 11 is 0. The topological polar surface area (TPSA) is 75.4 Å². The fraction of sp³-hybridized carbons (Fsp3) is 0.538. The van der Waals surface area contributed by atoms with Gasteiger partial charge in [0.15, 0.2) is 5.65 Å². The van der Waals surface area contributed by atoms with Crippen LogP contribution in [-0.4, -0.2) is 44.3 Å². The highest BCUT2D eigenvalue weighted by atomic mass is 16.2. The Bertz CT molecular complexity index is 638. The molecule has 3 heterocycles. The first-order chi connectivity index (χ1) is 9.42. The molecule has 0 unspecified atom stereocenters. The van der Waals surface area contributed by atoms with Crippen LogP contribution in [0, 0.1) is 5.92 Å². The maximum atomic E-state index is 12.0. The predicted octanol–water partition coefficient (Wildman–Crippen LogP) is 0.475. The number of hydrogen-bond donors (Lipinski definition) is 1. The van der Waals surface area contributed by atoms with E-state index in [1.54, 1.807) is 10.8 Å². The minimum atomic E-state index is -0.183. The highest BCUT2D eigenvalue weighted by Crippen LogP contribution is 2.23. The number of nitrogens with zero attached hydrogens (tertiary/aromatic N) is 5. The van der Waals surface area contributed by atoms with Crippen LogP contribution in [0.25, 0.3) is 5.65 Å². The number of anilines is 1. The van der Waals surface area contributed by atoms with E-state index in [-0.39, 0.29) is 17.4 Å². The molecular formula is C13H18N6O. The molecule has 0 saturated carbocycles. The van der Waals surface area contributed by atoms with Gasteiger partial charge in [-0.3, -0.25) is 4.79 Å². The maximum Gasteiger partial charge on any atom is 0.227 e. The Labute approximate surface area is 117 Å². The number of carbonyl (C=O) groups excluding carboxylic acids is 1. The molecule has 0 aliphatic carbocycles. The fourth-order valence-corrected chi connectivity index (χ4v) is 2.19. The molecule has 0 aromatic carbocycles. The van der Waals surface area contributed by atoms with Crippen LogP contribution in [-0.2, 0) is 4.79 Å². The van der Waals surface area contributed by atoms with Gasteiger partial charge in [0.1, 0.15) is 12.1 Å². The summed E-state index contributed by atoms with van der Waals surface area (Å²) in [6, 6.07) is 3.78. The van der Waals surface area contributed by atoms with Crippen LogP contribution in [0.3, 0.4) is 0 Å². The van der Waals surface area contributed by atoms with Crippen molar-refractivity contribution in [2.75, 3.05) is 18.0 Å². The molecule has 0 spiro atoms. The van der Waals surface area contributed by atoms with Crippen molar-refractivity contribution >= 4 is 17.4 Å². The third-order valence-corrected chi connectivity index (χ3v) is 3.22. The minimum absolute atomic E-state index is 0.0348. The zero-order valence-corrected chi connectivity index (χ0v) is 11.9. The van der Waals surface area contributed by atoms with E-state index in [2.05, 4.69) is 25.5 Å². The number of carbonyl (C=O) groups is 1. The van der Waals surface area contributed by atoms with Crippen LogP contribution < -0.4 is 10.2 Å². The molecule has 1 saturated heterocycles. The van der Waals surface area contributed by atoms with Gasteiger partial charge in [-0.05, 0) is 32.9 Å². The molecule has 106 valence electrons. The average Bonchev–Trinajstić information content (AvgIpc) is 2.71. The molecule has 1 fully saturated rings. The summed E-state index contributed by atoms with van der Waals surface area (Å²) in [5.41, 5.74) is 0.535. The molecule has 1 aliphatic heterocycles. The maximum absolute atomic E-state index is 12.0. The molecule has 7 nitrogen and oxygen atoms in total. The van der Waals surface area contributed by atoms with E-state index in [4.69, 9.17) is 0 Å². The zero-order chi connectivity index (χ0) is 14.3. The molecule has 0 radical (unpaired) electrons. The van der Waals surface area contributed by atoms with Crippen molar-refractivity contribution in [1.29, 1.82) is 0 Å². The Morgan fingerprint density at radius 3 is 2.80 bits per heavy atom. The summed E-state index contributed by atoms with van der Waals surface area (Å²) in [6.45, 7) is 7.36. The second-order valence-corrected chi connectivity index (χ2v) is 6.17. The lowest BCUT2D eigenvalue weighted by Crippen LogP contribution is -2.56. The third kappa shape index (κ3) is 2.43. The van der Waals surface area contributed by atoms with E-state index in [9.17, 15) is 4.79 Å². The molecule has 0 bridgehead atoms. The first-order valence-electron chi connectivity index (χ1n) is 6.66. The first kappa shape index (κ1) is 12.8. The van der Waals surface area contributed by atoms with Gasteiger partial charge >= 0.3 is 0 Å². The largest absolute Gasteiger partial charge is 0.353 e. The van der Waals surface area contributed by atoms with Crippen LogP contribution >= 0.6 is 0 Å². The summed E-state index contributed by atoms with van der Waals surface area (Å²) in [5, 5.41) is 15.1. The number of amides is 1. The normalized spacial score (nSPS) is 16.2. The van der Waals surface area contributed by atoms with Crippen molar-refractivity contribution in [3.63, 3.8) is 0 Å². The van der Waals surface area contributed by atoms with E-state index >= 15 is 0 Å². The summed E-state index contributed by atoms with van der Waals surface area (Å²) in [5.74, 6) is 0.990. The van der Waals surface area contributed by atoms with Crippen molar-refractivity contribution in [1.82, 2.24) is 25.1 Å². The summed E-state index contributed by atoms with van der Waals surface area (Å²) < 4.78 is 1.64. The van der Waals surface area contributed by atoms with E-state index < -0.39 is 0 Å². The molecule has 1 amide bonds. The highest BCUT2D eigenvalue weighted by Gasteiger charge is 2.35. The van der Waals surface area contributed by atoms with Gasteiger partial charge in [0.2, 0.25) is 5.91 Å². The van der Waals surface area contributed by atoms with Crippen LogP contribution in [0.15, 0.2) is 18.5 Å². The predicted molar refractivity (Wildman–Crippen MR) is 74.4 cm³/mol. The average molecular weight is 274 g/mol. The van der Waals surface area contributed by atoms with Crippen molar-refractivity contribution in [3.8, 4) is 0 Å². The quantitative estimate of drug-likeness (QED) is 0.862. The monoisotopic (exact) mass is 274 g/mol. The lowest BCUT2D eigenvalue weighted by molar-refractivity contribution is -0.127. The molecule has 2 aromatic rings. The molecule has 20 heavy (non-hydrogen) atoms. The molecule has 7 heteroatoms. The lowest BCUT2D eigenvalue weighted by atomic mass is 9.97. The van der Waals surface area contributed by atoms with Gasteiger partial charge < -0.3 is 10.2 Å². The summed E-state index contributed by atoms with van der Waals surface area (Å²) in [6.07, 6.45) is 1.57. The van der Waals surface area contributed by atoms with Gasteiger partial charge in [-0.2, -0.15) is 4.52 Å². The van der Waals surface area contributed by atoms with Crippen LogP contribution in [0.2, 0.25) is 0 Å². The van der Waals surface area contributed by atoms with Crippen LogP contribution in [0.4, 0.5) is 5.82 Å². The molecule has 1 N–H and O–H groups in total. The van der Waals surface area contributed by atoms with E-state index in [0.717, 1.165) is 11.5 Å². The van der Waals surface area contributed by atoms with Crippen LogP contribution in [0.1, 0.15) is 20.8 Å². The van der Waals surface area contributed by atoms with Crippen molar-refractivity contribution in [3.05, 3.63) is 18.5 Å². The van der Waals surface area contributed by atoms with Gasteiger partial charge in [0, 0.05) is 18.6 Å². The summed E-state index contributed by atoms with van der Waals surface area (Å²) in [7, 11) is 0. The van der Waals surface area contributed by atoms with E-state index in [1.165, 1.54) is 0 Å². The van der Waals surface area contributed by atoms with Gasteiger partial charge in [-0.25, -0.2) is 0 Å². The first-order valence-corrected chi connectivity index (χ1v) is 6.66. The molecule has 2 aromatic heterocycles. The Morgan fingerprint density at radius 1 is 1.35 bits per heavy atom. The Balaban J connectivity index is 1.63. The number of fused-ring (bicyclic) bond motifs is 1. The van der Waals surface area contributed by atoms with Gasteiger partial charge in [-0.1, -0.05) is 0 Å². The fourth-order valence-electron chi connectivity index (χ4n) is 2.19. The molecule has 3 rings (SSSR count). The third-order valence-electron chi connectivity index (χ3n) is 3.22. The Morgan fingerprint density at radius 2 is 2.10 bits per heavy atom. The molecule has 1 aliphatic rings. The molecule has 0 atom stereocenters. The Hall–Kier alpha value is -2.18. The van der Waals surface area contributed by atoms with Gasteiger partial charge in [0.05, 0.1) is 5.92 Å². The highest BCUT2D eigenvalue weighted by molar-refractivity contribution is 5.82.